The van der Waals surface area contributed by atoms with E-state index in [-0.39, 0.29) is 12.0 Å². The zero-order valence-electron chi connectivity index (χ0n) is 13.9. The molecule has 0 bridgehead atoms. The molecule has 2 heterocycles. The molecule has 1 atom stereocenters. The Labute approximate surface area is 141 Å². The summed E-state index contributed by atoms with van der Waals surface area (Å²) in [5.74, 6) is 1.11. The summed E-state index contributed by atoms with van der Waals surface area (Å²) in [5.41, 5.74) is 1.28. The molecule has 6 heteroatoms. The summed E-state index contributed by atoms with van der Waals surface area (Å²) >= 11 is 0. The van der Waals surface area contributed by atoms with Gasteiger partial charge in [0.1, 0.15) is 5.76 Å². The molecule has 1 saturated heterocycles. The molecule has 0 spiro atoms. The first kappa shape index (κ1) is 16.7. The first-order chi connectivity index (χ1) is 11.7. The maximum absolute atomic E-state index is 12.0. The Kier molecular flexibility index (Phi) is 5.61. The number of rotatable bonds is 6. The first-order valence-corrected chi connectivity index (χ1v) is 8.30. The van der Waals surface area contributed by atoms with Crippen LogP contribution in [0, 0.1) is 6.92 Å². The maximum atomic E-state index is 12.0. The van der Waals surface area contributed by atoms with Crippen molar-refractivity contribution in [2.45, 2.75) is 25.9 Å². The van der Waals surface area contributed by atoms with Crippen LogP contribution >= 0.6 is 0 Å². The molecule has 1 aliphatic heterocycles. The molecule has 1 aromatic heterocycles. The smallest absolute Gasteiger partial charge is 0.226 e. The van der Waals surface area contributed by atoms with Crippen LogP contribution in [0.1, 0.15) is 17.7 Å². The third-order valence-corrected chi connectivity index (χ3v) is 4.08. The normalized spacial score (nSPS) is 18.5. The van der Waals surface area contributed by atoms with Crippen molar-refractivity contribution in [3.63, 3.8) is 0 Å². The van der Waals surface area contributed by atoms with Crippen LogP contribution in [0.3, 0.4) is 0 Å². The highest BCUT2D eigenvalue weighted by Crippen LogP contribution is 2.12. The molecule has 6 nitrogen and oxygen atoms in total. The van der Waals surface area contributed by atoms with E-state index in [9.17, 15) is 4.79 Å². The fourth-order valence-corrected chi connectivity index (χ4v) is 2.87. The quantitative estimate of drug-likeness (QED) is 0.880. The second-order valence-electron chi connectivity index (χ2n) is 6.10. The number of aromatic nitrogens is 1. The van der Waals surface area contributed by atoms with Gasteiger partial charge < -0.3 is 14.6 Å². The predicted octanol–water partition coefficient (Wildman–Crippen LogP) is 2.26. The molecule has 0 saturated carbocycles. The van der Waals surface area contributed by atoms with Crippen molar-refractivity contribution in [2.75, 3.05) is 31.6 Å². The van der Waals surface area contributed by atoms with E-state index in [0.717, 1.165) is 26.1 Å². The number of carbonyl (C=O) groups is 1. The van der Waals surface area contributed by atoms with E-state index in [2.05, 4.69) is 27.5 Å². The highest BCUT2D eigenvalue weighted by molar-refractivity contribution is 5.89. The van der Waals surface area contributed by atoms with Gasteiger partial charge >= 0.3 is 0 Å². The molecule has 1 fully saturated rings. The average Bonchev–Trinajstić information content (AvgIpc) is 2.99. The maximum Gasteiger partial charge on any atom is 0.226 e. The van der Waals surface area contributed by atoms with Crippen LogP contribution in [0.15, 0.2) is 40.9 Å². The van der Waals surface area contributed by atoms with Gasteiger partial charge in [-0.15, -0.1) is 0 Å². The molecule has 0 aliphatic carbocycles. The monoisotopic (exact) mass is 329 g/mol. The number of nitrogens with zero attached hydrogens (tertiary/aromatic N) is 2. The summed E-state index contributed by atoms with van der Waals surface area (Å²) in [5, 5.41) is 6.52. The number of aryl methyl sites for hydroxylation is 1. The summed E-state index contributed by atoms with van der Waals surface area (Å²) in [4.78, 5) is 14.3. The molecule has 0 radical (unpaired) electrons. The second kappa shape index (κ2) is 8.08. The minimum Gasteiger partial charge on any atom is -0.375 e. The highest BCUT2D eigenvalue weighted by atomic mass is 16.5. The van der Waals surface area contributed by atoms with Crippen molar-refractivity contribution in [1.29, 1.82) is 0 Å². The Balaban J connectivity index is 1.42. The minimum atomic E-state index is -0.0469. The van der Waals surface area contributed by atoms with Crippen LogP contribution in [-0.2, 0) is 16.0 Å². The van der Waals surface area contributed by atoms with Gasteiger partial charge in [-0.2, -0.15) is 0 Å². The van der Waals surface area contributed by atoms with Crippen LogP contribution in [0.4, 0.5) is 5.82 Å². The summed E-state index contributed by atoms with van der Waals surface area (Å²) in [7, 11) is 0. The molecule has 1 amide bonds. The molecule has 1 N–H and O–H groups in total. The second-order valence-corrected chi connectivity index (χ2v) is 6.10. The SMILES string of the molecule is Cc1cc(NC(=O)CCN2CCO[C@H](Cc3ccccc3)C2)no1. The van der Waals surface area contributed by atoms with Crippen LogP contribution in [0.5, 0.6) is 0 Å². The topological polar surface area (TPSA) is 67.6 Å². The summed E-state index contributed by atoms with van der Waals surface area (Å²) in [6, 6.07) is 12.1. The molecular formula is C18H23N3O3. The van der Waals surface area contributed by atoms with E-state index in [1.54, 1.807) is 13.0 Å². The summed E-state index contributed by atoms with van der Waals surface area (Å²) < 4.78 is 10.8. The van der Waals surface area contributed by atoms with Gasteiger partial charge in [0.15, 0.2) is 5.82 Å². The molecule has 3 rings (SSSR count). The van der Waals surface area contributed by atoms with E-state index < -0.39 is 0 Å². The van der Waals surface area contributed by atoms with Crippen molar-refractivity contribution in [1.82, 2.24) is 10.1 Å². The van der Waals surface area contributed by atoms with E-state index >= 15 is 0 Å². The van der Waals surface area contributed by atoms with Gasteiger partial charge in [0.05, 0.1) is 12.7 Å². The van der Waals surface area contributed by atoms with E-state index in [4.69, 9.17) is 9.26 Å². The van der Waals surface area contributed by atoms with Crippen molar-refractivity contribution < 1.29 is 14.1 Å². The van der Waals surface area contributed by atoms with E-state index in [1.165, 1.54) is 5.56 Å². The molecule has 1 aliphatic rings. The Morgan fingerprint density at radius 2 is 2.21 bits per heavy atom. The van der Waals surface area contributed by atoms with Crippen molar-refractivity contribution in [2.24, 2.45) is 0 Å². The molecule has 0 unspecified atom stereocenters. The van der Waals surface area contributed by atoms with E-state index in [1.807, 2.05) is 18.2 Å². The predicted molar refractivity (Wildman–Crippen MR) is 90.8 cm³/mol. The Morgan fingerprint density at radius 3 is 2.96 bits per heavy atom. The Morgan fingerprint density at radius 1 is 1.38 bits per heavy atom. The zero-order chi connectivity index (χ0) is 16.8. The van der Waals surface area contributed by atoms with Crippen LogP contribution < -0.4 is 5.32 Å². The van der Waals surface area contributed by atoms with Gasteiger partial charge in [0.25, 0.3) is 0 Å². The standard InChI is InChI=1S/C18H23N3O3/c1-14-11-17(20-24-14)19-18(22)7-8-21-9-10-23-16(13-21)12-15-5-3-2-4-6-15/h2-6,11,16H,7-10,12-13H2,1H3,(H,19,20,22)/t16-/m1/s1. The van der Waals surface area contributed by atoms with Gasteiger partial charge in [-0.3, -0.25) is 9.69 Å². The Hall–Kier alpha value is -2.18. The fraction of sp³-hybridized carbons (Fsp3) is 0.444. The summed E-state index contributed by atoms with van der Waals surface area (Å²) in [6.45, 7) is 4.94. The molecule has 1 aromatic carbocycles. The number of amides is 1. The first-order valence-electron chi connectivity index (χ1n) is 8.30. The van der Waals surface area contributed by atoms with Crippen LogP contribution in [-0.4, -0.2) is 48.3 Å². The lowest BCUT2D eigenvalue weighted by molar-refractivity contribution is -0.117. The van der Waals surface area contributed by atoms with Gasteiger partial charge in [0, 0.05) is 32.1 Å². The number of hydrogen-bond acceptors (Lipinski definition) is 5. The van der Waals surface area contributed by atoms with E-state index in [0.29, 0.717) is 24.6 Å². The van der Waals surface area contributed by atoms with Gasteiger partial charge in [-0.1, -0.05) is 35.5 Å². The van der Waals surface area contributed by atoms with Crippen molar-refractivity contribution in [3.05, 3.63) is 47.7 Å². The third-order valence-electron chi connectivity index (χ3n) is 4.08. The van der Waals surface area contributed by atoms with Crippen molar-refractivity contribution >= 4 is 11.7 Å². The fourth-order valence-electron chi connectivity index (χ4n) is 2.87. The lowest BCUT2D eigenvalue weighted by Gasteiger charge is -2.32. The van der Waals surface area contributed by atoms with Gasteiger partial charge in [-0.25, -0.2) is 0 Å². The van der Waals surface area contributed by atoms with Crippen LogP contribution in [0.25, 0.3) is 0 Å². The molecular weight excluding hydrogens is 306 g/mol. The number of ether oxygens (including phenoxy) is 1. The number of morpholine rings is 1. The number of carbonyl (C=O) groups excluding carboxylic acids is 1. The zero-order valence-corrected chi connectivity index (χ0v) is 13.9. The van der Waals surface area contributed by atoms with Gasteiger partial charge in [-0.05, 0) is 18.9 Å². The third kappa shape index (κ3) is 4.91. The molecule has 128 valence electrons. The average molecular weight is 329 g/mol. The minimum absolute atomic E-state index is 0.0469. The Bertz CT molecular complexity index is 657. The number of nitrogens with one attached hydrogen (secondary N) is 1. The lowest BCUT2D eigenvalue weighted by Crippen LogP contribution is -2.44. The highest BCUT2D eigenvalue weighted by Gasteiger charge is 2.21. The van der Waals surface area contributed by atoms with Crippen molar-refractivity contribution in [3.8, 4) is 0 Å². The number of anilines is 1. The lowest BCUT2D eigenvalue weighted by atomic mass is 10.1. The largest absolute Gasteiger partial charge is 0.375 e. The summed E-state index contributed by atoms with van der Waals surface area (Å²) in [6.07, 6.45) is 1.52. The van der Waals surface area contributed by atoms with Gasteiger partial charge in [0.2, 0.25) is 5.91 Å². The number of hydrogen-bond donors (Lipinski definition) is 1. The molecule has 2 aromatic rings. The van der Waals surface area contributed by atoms with Crippen LogP contribution in [0.2, 0.25) is 0 Å². The number of benzene rings is 1. The molecule has 24 heavy (non-hydrogen) atoms.